The molecule has 1 aromatic heterocycles. The van der Waals surface area contributed by atoms with Crippen LogP contribution in [-0.2, 0) is 9.47 Å². The highest BCUT2D eigenvalue weighted by molar-refractivity contribution is 6.03. The number of rotatable bonds is 11. The lowest BCUT2D eigenvalue weighted by atomic mass is 9.75. The second-order valence-corrected chi connectivity index (χ2v) is 10.3. The summed E-state index contributed by atoms with van der Waals surface area (Å²) in [6, 6.07) is 24.9. The molecule has 2 unspecified atom stereocenters. The van der Waals surface area contributed by atoms with Gasteiger partial charge in [0.2, 0.25) is 5.90 Å². The Morgan fingerprint density at radius 1 is 0.935 bits per heavy atom. The van der Waals surface area contributed by atoms with Gasteiger partial charge in [-0.2, -0.15) is 0 Å². The minimum absolute atomic E-state index is 0.0880. The van der Waals surface area contributed by atoms with E-state index in [1.54, 1.807) is 20.4 Å². The Balaban J connectivity index is 0.00000235. The van der Waals surface area contributed by atoms with Crippen LogP contribution in [0.15, 0.2) is 122 Å². The van der Waals surface area contributed by atoms with Crippen LogP contribution in [0.2, 0.25) is 0 Å². The Bertz CT molecular complexity index is 1680. The lowest BCUT2D eigenvalue weighted by Crippen LogP contribution is -2.20. The van der Waals surface area contributed by atoms with E-state index in [2.05, 4.69) is 90.2 Å². The largest absolute Gasteiger partial charge is 0.480 e. The minimum atomic E-state index is -0.103. The highest BCUT2D eigenvalue weighted by atomic mass is 16.5. The highest BCUT2D eigenvalue weighted by Crippen LogP contribution is 2.49. The first kappa shape index (κ1) is 33.7. The summed E-state index contributed by atoms with van der Waals surface area (Å²) in [5.41, 5.74) is 16.6. The van der Waals surface area contributed by atoms with E-state index in [0.29, 0.717) is 24.6 Å². The Kier molecular flexibility index (Phi) is 12.3. The van der Waals surface area contributed by atoms with Crippen LogP contribution in [0, 0.1) is 0 Å². The van der Waals surface area contributed by atoms with Crippen LogP contribution in [0.5, 0.6) is 0 Å². The average molecular weight is 613 g/mol. The molecule has 46 heavy (non-hydrogen) atoms. The van der Waals surface area contributed by atoms with Crippen molar-refractivity contribution in [3.05, 3.63) is 139 Å². The van der Waals surface area contributed by atoms with Gasteiger partial charge >= 0.3 is 0 Å². The zero-order valence-electron chi connectivity index (χ0n) is 27.2. The topological polar surface area (TPSA) is 81.8 Å². The van der Waals surface area contributed by atoms with Crippen molar-refractivity contribution in [1.82, 2.24) is 10.3 Å². The maximum Gasteiger partial charge on any atom is 0.234 e. The molecule has 6 heteroatoms. The van der Waals surface area contributed by atoms with Crippen LogP contribution in [0.4, 0.5) is 0 Å². The van der Waals surface area contributed by atoms with Gasteiger partial charge in [0.15, 0.2) is 6.23 Å². The molecule has 0 amide bonds. The van der Waals surface area contributed by atoms with Crippen molar-refractivity contribution in [2.45, 2.75) is 32.4 Å². The van der Waals surface area contributed by atoms with Gasteiger partial charge in [0.05, 0.1) is 7.11 Å². The Morgan fingerprint density at radius 3 is 2.09 bits per heavy atom. The number of ether oxygens (including phenoxy) is 2. The molecule has 236 valence electrons. The van der Waals surface area contributed by atoms with Crippen molar-refractivity contribution in [2.24, 2.45) is 10.7 Å². The van der Waals surface area contributed by atoms with E-state index in [0.717, 1.165) is 50.1 Å². The van der Waals surface area contributed by atoms with E-state index in [1.807, 2.05) is 56.6 Å². The quantitative estimate of drug-likeness (QED) is 0.100. The van der Waals surface area contributed by atoms with E-state index in [9.17, 15) is 0 Å². The predicted octanol–water partition coefficient (Wildman–Crippen LogP) is 8.82. The fourth-order valence-electron chi connectivity index (χ4n) is 5.81. The third kappa shape index (κ3) is 7.19. The molecule has 1 aliphatic heterocycles. The van der Waals surface area contributed by atoms with Gasteiger partial charge in [0.1, 0.15) is 12.0 Å². The summed E-state index contributed by atoms with van der Waals surface area (Å²) in [4.78, 5) is 8.97. The molecule has 0 aliphatic carbocycles. The van der Waals surface area contributed by atoms with Crippen LogP contribution in [0.1, 0.15) is 48.6 Å². The second kappa shape index (κ2) is 16.8. The molecule has 2 heterocycles. The number of aliphatic imine (C=N–C) groups is 1. The average Bonchev–Trinajstić information content (AvgIpc) is 3.65. The molecule has 5 rings (SSSR count). The number of nitrogens with zero attached hydrogens (tertiary/aromatic N) is 2. The summed E-state index contributed by atoms with van der Waals surface area (Å²) in [5, 5.41) is 3.20. The lowest BCUT2D eigenvalue weighted by molar-refractivity contribution is 0.155. The minimum Gasteiger partial charge on any atom is -0.480 e. The molecule has 0 fully saturated rings. The molecule has 0 radical (unpaired) electrons. The first-order chi connectivity index (χ1) is 22.6. The standard InChI is InChI=1S/C38H38N4O2.C2H6/c1-5-30-31(6-2)35(29-20-21-32(42-25-29)38(40-3)43-4)37(27-16-11-8-12-17-27)36(26-14-9-7-10-15-26)34(30)28(24-39)18-13-19-33-41-22-23-44-33;1-2/h5-18,20-23,25,28,33,41H,1-2,19,24,39H2,3-4H3;1-2H3/b18-13-,40-38?;. The summed E-state index contributed by atoms with van der Waals surface area (Å²) in [6.45, 7) is 13.0. The molecular weight excluding hydrogens is 568 g/mol. The van der Waals surface area contributed by atoms with Crippen molar-refractivity contribution in [1.29, 1.82) is 0 Å². The number of pyridine rings is 1. The maximum absolute atomic E-state index is 6.57. The molecule has 4 aromatic rings. The maximum atomic E-state index is 6.57. The fourth-order valence-corrected chi connectivity index (χ4v) is 5.81. The summed E-state index contributed by atoms with van der Waals surface area (Å²) >= 11 is 0. The Morgan fingerprint density at radius 2 is 1.59 bits per heavy atom. The zero-order valence-corrected chi connectivity index (χ0v) is 27.2. The number of nitrogens with two attached hydrogens (primary N) is 1. The summed E-state index contributed by atoms with van der Waals surface area (Å²) in [7, 11) is 3.29. The zero-order chi connectivity index (χ0) is 32.9. The normalized spacial score (nSPS) is 14.5. The monoisotopic (exact) mass is 612 g/mol. The fraction of sp³-hybridized carbons (Fsp3) is 0.200. The van der Waals surface area contributed by atoms with Crippen molar-refractivity contribution in [2.75, 3.05) is 20.7 Å². The lowest BCUT2D eigenvalue weighted by Gasteiger charge is -2.28. The molecule has 0 bridgehead atoms. The van der Waals surface area contributed by atoms with Crippen molar-refractivity contribution in [3.63, 3.8) is 0 Å². The van der Waals surface area contributed by atoms with Gasteiger partial charge in [-0.1, -0.05) is 118 Å². The van der Waals surface area contributed by atoms with Gasteiger partial charge in [-0.05, 0) is 50.6 Å². The van der Waals surface area contributed by atoms with E-state index >= 15 is 0 Å². The first-order valence-electron chi connectivity index (χ1n) is 15.6. The van der Waals surface area contributed by atoms with E-state index in [4.69, 9.17) is 20.2 Å². The first-order valence-corrected chi connectivity index (χ1v) is 15.6. The SMILES string of the molecule is C=Cc1c(C=C)c(C(/C=C\CC2NC=CO2)CN)c(-c2ccccc2)c(-c2ccccc2)c1-c1ccc(C(=NC)OC)nc1.CC. The Hall–Kier alpha value is -5.20. The smallest absolute Gasteiger partial charge is 0.234 e. The van der Waals surface area contributed by atoms with Crippen LogP contribution in [-0.4, -0.2) is 37.8 Å². The van der Waals surface area contributed by atoms with Gasteiger partial charge in [0, 0.05) is 43.9 Å². The molecule has 3 aromatic carbocycles. The van der Waals surface area contributed by atoms with Gasteiger partial charge in [-0.3, -0.25) is 9.98 Å². The summed E-state index contributed by atoms with van der Waals surface area (Å²) < 4.78 is 11.0. The molecule has 1 aliphatic rings. The van der Waals surface area contributed by atoms with E-state index in [1.165, 1.54) is 0 Å². The van der Waals surface area contributed by atoms with Gasteiger partial charge < -0.3 is 20.5 Å². The third-order valence-electron chi connectivity index (χ3n) is 7.76. The van der Waals surface area contributed by atoms with Crippen LogP contribution < -0.4 is 11.1 Å². The van der Waals surface area contributed by atoms with Crippen LogP contribution in [0.3, 0.4) is 0 Å². The van der Waals surface area contributed by atoms with Gasteiger partial charge in [-0.25, -0.2) is 0 Å². The van der Waals surface area contributed by atoms with E-state index in [-0.39, 0.29) is 12.1 Å². The van der Waals surface area contributed by atoms with Gasteiger partial charge in [0.25, 0.3) is 0 Å². The highest BCUT2D eigenvalue weighted by Gasteiger charge is 2.27. The molecule has 0 saturated heterocycles. The van der Waals surface area contributed by atoms with Crippen molar-refractivity contribution >= 4 is 18.0 Å². The summed E-state index contributed by atoms with van der Waals surface area (Å²) in [6.07, 6.45) is 14.1. The number of nitrogens with one attached hydrogen (secondary N) is 1. The second-order valence-electron chi connectivity index (χ2n) is 10.3. The molecular formula is C40H44N4O2. The number of hydrogen-bond acceptors (Lipinski definition) is 6. The third-order valence-corrected chi connectivity index (χ3v) is 7.76. The molecule has 0 saturated carbocycles. The van der Waals surface area contributed by atoms with Gasteiger partial charge in [-0.15, -0.1) is 0 Å². The van der Waals surface area contributed by atoms with Crippen LogP contribution in [0.25, 0.3) is 45.5 Å². The van der Waals surface area contributed by atoms with Crippen molar-refractivity contribution in [3.8, 4) is 33.4 Å². The number of benzene rings is 3. The van der Waals surface area contributed by atoms with Crippen LogP contribution >= 0.6 is 0 Å². The number of hydrogen-bond donors (Lipinski definition) is 2. The molecule has 2 atom stereocenters. The molecule has 0 spiro atoms. The predicted molar refractivity (Wildman–Crippen MR) is 194 cm³/mol. The number of aromatic nitrogens is 1. The molecule has 3 N–H and O–H groups in total. The Labute approximate surface area is 273 Å². The van der Waals surface area contributed by atoms with Crippen molar-refractivity contribution < 1.29 is 9.47 Å². The summed E-state index contributed by atoms with van der Waals surface area (Å²) in [5.74, 6) is 0.371. The molecule has 6 nitrogen and oxygen atoms in total. The van der Waals surface area contributed by atoms with E-state index < -0.39 is 0 Å². The number of methoxy groups -OCH3 is 1.